The number of rotatable bonds is 2. The fourth-order valence-electron chi connectivity index (χ4n) is 5.90. The van der Waals surface area contributed by atoms with Crippen LogP contribution in [0.3, 0.4) is 0 Å². The Kier molecular flexibility index (Phi) is 2.55. The molecule has 104 valence electrons. The predicted octanol–water partition coefficient (Wildman–Crippen LogP) is 4.68. The second kappa shape index (κ2) is 3.88. The van der Waals surface area contributed by atoms with Crippen molar-refractivity contribution in [1.29, 1.82) is 0 Å². The van der Waals surface area contributed by atoms with Gasteiger partial charge in [0.05, 0.1) is 10.7 Å². The van der Waals surface area contributed by atoms with Crippen LogP contribution in [-0.4, -0.2) is 5.11 Å². The summed E-state index contributed by atoms with van der Waals surface area (Å²) >= 11 is 3.51. The molecule has 0 radical (unpaired) electrons. The van der Waals surface area contributed by atoms with Gasteiger partial charge in [-0.15, -0.1) is 0 Å². The van der Waals surface area contributed by atoms with Crippen LogP contribution in [0.25, 0.3) is 0 Å². The van der Waals surface area contributed by atoms with Crippen molar-refractivity contribution in [1.82, 2.24) is 0 Å². The Bertz CT molecular complexity index is 493. The zero-order chi connectivity index (χ0) is 13.3. The van der Waals surface area contributed by atoms with E-state index in [-0.39, 0.29) is 5.41 Å². The van der Waals surface area contributed by atoms with Gasteiger partial charge in [0.1, 0.15) is 11.9 Å². The van der Waals surface area contributed by atoms with Gasteiger partial charge in [-0.05, 0) is 77.8 Å². The van der Waals surface area contributed by atoms with E-state index in [1.165, 1.54) is 38.5 Å². The van der Waals surface area contributed by atoms with Crippen molar-refractivity contribution in [2.75, 3.05) is 0 Å². The van der Waals surface area contributed by atoms with E-state index in [4.69, 9.17) is 4.42 Å². The minimum atomic E-state index is -0.443. The Morgan fingerprint density at radius 3 is 2.53 bits per heavy atom. The Morgan fingerprint density at radius 2 is 2.00 bits per heavy atom. The van der Waals surface area contributed by atoms with E-state index in [0.717, 1.165) is 22.1 Å². The molecule has 5 rings (SSSR count). The minimum absolute atomic E-state index is 0.0687. The first kappa shape index (κ1) is 12.5. The molecule has 1 aromatic heterocycles. The summed E-state index contributed by atoms with van der Waals surface area (Å²) in [5, 5.41) is 10.9. The fourth-order valence-corrected chi connectivity index (χ4v) is 6.31. The van der Waals surface area contributed by atoms with Crippen LogP contribution < -0.4 is 0 Å². The molecule has 0 saturated heterocycles. The molecule has 4 fully saturated rings. The van der Waals surface area contributed by atoms with Crippen LogP contribution in [0.1, 0.15) is 57.3 Å². The number of aliphatic hydroxyl groups is 1. The van der Waals surface area contributed by atoms with Gasteiger partial charge in [-0.1, -0.05) is 6.92 Å². The Morgan fingerprint density at radius 1 is 1.32 bits per heavy atom. The number of hydrogen-bond donors (Lipinski definition) is 1. The maximum atomic E-state index is 10.9. The zero-order valence-corrected chi connectivity index (χ0v) is 12.9. The summed E-state index contributed by atoms with van der Waals surface area (Å²) in [6, 6.07) is 1.89. The van der Waals surface area contributed by atoms with E-state index in [1.807, 2.05) is 6.07 Å². The third kappa shape index (κ3) is 1.77. The first-order chi connectivity index (χ1) is 9.00. The van der Waals surface area contributed by atoms with Gasteiger partial charge in [-0.2, -0.15) is 0 Å². The summed E-state index contributed by atoms with van der Waals surface area (Å²) < 4.78 is 6.47. The standard InChI is InChI=1S/C16H21BrO2/c1-15-5-10-4-11(6-15)8-16(7-10,9-15)14(18)13-12(17)2-3-19-13/h2-3,10-11,14,18H,4-9H2,1H3. The summed E-state index contributed by atoms with van der Waals surface area (Å²) in [6.45, 7) is 2.43. The fraction of sp³-hybridized carbons (Fsp3) is 0.750. The highest BCUT2D eigenvalue weighted by Crippen LogP contribution is 2.68. The second-order valence-corrected chi connectivity index (χ2v) is 8.52. The summed E-state index contributed by atoms with van der Waals surface area (Å²) in [6.07, 6.45) is 8.91. The van der Waals surface area contributed by atoms with E-state index in [2.05, 4.69) is 22.9 Å². The van der Waals surface area contributed by atoms with Crippen molar-refractivity contribution < 1.29 is 9.52 Å². The van der Waals surface area contributed by atoms with Crippen molar-refractivity contribution in [3.8, 4) is 0 Å². The van der Waals surface area contributed by atoms with Crippen LogP contribution in [0.2, 0.25) is 0 Å². The average molecular weight is 325 g/mol. The lowest BCUT2D eigenvalue weighted by Crippen LogP contribution is -2.53. The molecule has 2 nitrogen and oxygen atoms in total. The number of aliphatic hydroxyl groups excluding tert-OH is 1. The highest BCUT2D eigenvalue weighted by atomic mass is 79.9. The third-order valence-electron chi connectivity index (χ3n) is 5.87. The second-order valence-electron chi connectivity index (χ2n) is 7.67. The molecule has 19 heavy (non-hydrogen) atoms. The van der Waals surface area contributed by atoms with Crippen LogP contribution in [0, 0.1) is 22.7 Å². The first-order valence-corrected chi connectivity index (χ1v) is 8.20. The van der Waals surface area contributed by atoms with Crippen LogP contribution >= 0.6 is 15.9 Å². The molecule has 3 unspecified atom stereocenters. The summed E-state index contributed by atoms with van der Waals surface area (Å²) in [5.41, 5.74) is 0.531. The number of furan rings is 1. The smallest absolute Gasteiger partial charge is 0.146 e. The molecule has 4 saturated carbocycles. The highest BCUT2D eigenvalue weighted by molar-refractivity contribution is 9.10. The molecular weight excluding hydrogens is 304 g/mol. The van der Waals surface area contributed by atoms with Gasteiger partial charge >= 0.3 is 0 Å². The molecule has 0 aliphatic heterocycles. The Hall–Kier alpha value is -0.280. The Balaban J connectivity index is 1.72. The first-order valence-electron chi connectivity index (χ1n) is 7.41. The summed E-state index contributed by atoms with van der Waals surface area (Å²) in [7, 11) is 0. The third-order valence-corrected chi connectivity index (χ3v) is 6.53. The molecule has 4 bridgehead atoms. The van der Waals surface area contributed by atoms with Crippen LogP contribution in [0.15, 0.2) is 21.2 Å². The van der Waals surface area contributed by atoms with Gasteiger partial charge in [0.15, 0.2) is 0 Å². The van der Waals surface area contributed by atoms with Crippen molar-refractivity contribution in [3.63, 3.8) is 0 Å². The molecule has 1 heterocycles. The summed E-state index contributed by atoms with van der Waals surface area (Å²) in [5.74, 6) is 2.40. The molecular formula is C16H21BrO2. The van der Waals surface area contributed by atoms with Gasteiger partial charge in [0.2, 0.25) is 0 Å². The lowest BCUT2D eigenvalue weighted by Gasteiger charge is -2.62. The van der Waals surface area contributed by atoms with Crippen molar-refractivity contribution >= 4 is 15.9 Å². The Labute approximate surface area is 122 Å². The van der Waals surface area contributed by atoms with E-state index < -0.39 is 6.10 Å². The van der Waals surface area contributed by atoms with Gasteiger partial charge in [0, 0.05) is 5.41 Å². The number of hydrogen-bond acceptors (Lipinski definition) is 2. The normalized spacial score (nSPS) is 45.6. The van der Waals surface area contributed by atoms with E-state index in [9.17, 15) is 5.11 Å². The molecule has 0 amide bonds. The van der Waals surface area contributed by atoms with E-state index in [1.54, 1.807) is 6.26 Å². The maximum absolute atomic E-state index is 10.9. The van der Waals surface area contributed by atoms with Crippen molar-refractivity contribution in [2.45, 2.75) is 51.6 Å². The SMILES string of the molecule is CC12CC3CC(C1)CC(C(O)c1occc1Br)(C3)C2. The molecule has 0 aromatic carbocycles. The van der Waals surface area contributed by atoms with Gasteiger partial charge in [0.25, 0.3) is 0 Å². The van der Waals surface area contributed by atoms with Gasteiger partial charge in [-0.25, -0.2) is 0 Å². The molecule has 1 N–H and O–H groups in total. The van der Waals surface area contributed by atoms with E-state index >= 15 is 0 Å². The summed E-state index contributed by atoms with van der Waals surface area (Å²) in [4.78, 5) is 0. The maximum Gasteiger partial charge on any atom is 0.146 e. The number of halogens is 1. The predicted molar refractivity (Wildman–Crippen MR) is 76.6 cm³/mol. The minimum Gasteiger partial charge on any atom is -0.465 e. The average Bonchev–Trinajstić information content (AvgIpc) is 2.71. The van der Waals surface area contributed by atoms with Crippen LogP contribution in [0.4, 0.5) is 0 Å². The quantitative estimate of drug-likeness (QED) is 0.856. The zero-order valence-electron chi connectivity index (χ0n) is 11.4. The van der Waals surface area contributed by atoms with Gasteiger partial charge in [-0.3, -0.25) is 0 Å². The van der Waals surface area contributed by atoms with E-state index in [0.29, 0.717) is 5.41 Å². The molecule has 4 aliphatic rings. The van der Waals surface area contributed by atoms with Gasteiger partial charge < -0.3 is 9.52 Å². The lowest BCUT2D eigenvalue weighted by atomic mass is 9.43. The van der Waals surface area contributed by atoms with Crippen LogP contribution in [-0.2, 0) is 0 Å². The monoisotopic (exact) mass is 324 g/mol. The molecule has 3 heteroatoms. The van der Waals surface area contributed by atoms with Crippen molar-refractivity contribution in [2.24, 2.45) is 22.7 Å². The lowest BCUT2D eigenvalue weighted by molar-refractivity contribution is -0.159. The molecule has 0 spiro atoms. The van der Waals surface area contributed by atoms with Crippen LogP contribution in [0.5, 0.6) is 0 Å². The molecule has 4 aliphatic carbocycles. The molecule has 1 aromatic rings. The highest BCUT2D eigenvalue weighted by Gasteiger charge is 2.59. The molecule has 3 atom stereocenters. The topological polar surface area (TPSA) is 33.4 Å². The van der Waals surface area contributed by atoms with Crippen molar-refractivity contribution in [3.05, 3.63) is 22.6 Å². The largest absolute Gasteiger partial charge is 0.465 e.